The first-order valence-corrected chi connectivity index (χ1v) is 5.80. The molecule has 0 aromatic heterocycles. The molecule has 2 rings (SSSR count). The summed E-state index contributed by atoms with van der Waals surface area (Å²) in [6.45, 7) is 3.49. The van der Waals surface area contributed by atoms with Gasteiger partial charge in [0.05, 0.1) is 5.04 Å². The summed E-state index contributed by atoms with van der Waals surface area (Å²) in [5, 5.41) is 4.81. The molecular formula is C9H16N2S. The average molecular weight is 184 g/mol. The van der Waals surface area contributed by atoms with Gasteiger partial charge < -0.3 is 5.32 Å². The Morgan fingerprint density at radius 3 is 3.25 bits per heavy atom. The molecule has 1 saturated heterocycles. The zero-order chi connectivity index (χ0) is 8.23. The molecular weight excluding hydrogens is 168 g/mol. The largest absolute Gasteiger partial charge is 0.316 e. The molecule has 2 heterocycles. The highest BCUT2D eigenvalue weighted by Crippen LogP contribution is 2.21. The van der Waals surface area contributed by atoms with Crippen molar-refractivity contribution in [3.63, 3.8) is 0 Å². The smallest absolute Gasteiger partial charge is 0.0679 e. The number of nitrogens with one attached hydrogen (secondary N) is 1. The summed E-state index contributed by atoms with van der Waals surface area (Å²) >= 11 is 1.97. The van der Waals surface area contributed by atoms with E-state index in [0.717, 1.165) is 12.5 Å². The maximum atomic E-state index is 4.54. The minimum atomic E-state index is 0.870. The predicted octanol–water partition coefficient (Wildman–Crippen LogP) is 1.52. The number of rotatable bonds is 2. The SMILES string of the molecule is C1CN=C(CC2CCNC2)SC1. The number of nitrogens with zero attached hydrogens (tertiary/aromatic N) is 1. The van der Waals surface area contributed by atoms with Crippen LogP contribution in [0.2, 0.25) is 0 Å². The zero-order valence-corrected chi connectivity index (χ0v) is 8.20. The lowest BCUT2D eigenvalue weighted by Crippen LogP contribution is -2.13. The average Bonchev–Trinajstić information content (AvgIpc) is 2.59. The van der Waals surface area contributed by atoms with E-state index in [9.17, 15) is 0 Å². The van der Waals surface area contributed by atoms with E-state index < -0.39 is 0 Å². The van der Waals surface area contributed by atoms with E-state index in [4.69, 9.17) is 0 Å². The molecule has 3 heteroatoms. The predicted molar refractivity (Wildman–Crippen MR) is 55.0 cm³/mol. The van der Waals surface area contributed by atoms with Crippen LogP contribution in [-0.4, -0.2) is 30.4 Å². The normalized spacial score (nSPS) is 30.3. The molecule has 0 bridgehead atoms. The van der Waals surface area contributed by atoms with E-state index in [1.54, 1.807) is 0 Å². The topological polar surface area (TPSA) is 24.4 Å². The molecule has 2 aliphatic rings. The second-order valence-electron chi connectivity index (χ2n) is 3.54. The summed E-state index contributed by atoms with van der Waals surface area (Å²) in [7, 11) is 0. The van der Waals surface area contributed by atoms with Crippen molar-refractivity contribution in [3.8, 4) is 0 Å². The molecule has 0 radical (unpaired) electrons. The second kappa shape index (κ2) is 4.28. The quantitative estimate of drug-likeness (QED) is 0.703. The van der Waals surface area contributed by atoms with Crippen LogP contribution in [0.3, 0.4) is 0 Å². The first-order valence-electron chi connectivity index (χ1n) is 4.82. The van der Waals surface area contributed by atoms with Gasteiger partial charge in [0.2, 0.25) is 0 Å². The van der Waals surface area contributed by atoms with Crippen LogP contribution < -0.4 is 5.32 Å². The van der Waals surface area contributed by atoms with E-state index in [-0.39, 0.29) is 0 Å². The third-order valence-corrected chi connectivity index (χ3v) is 3.61. The van der Waals surface area contributed by atoms with Crippen molar-refractivity contribution in [2.45, 2.75) is 19.3 Å². The summed E-state index contributed by atoms with van der Waals surface area (Å²) in [5.74, 6) is 2.16. The van der Waals surface area contributed by atoms with E-state index in [1.807, 2.05) is 11.8 Å². The van der Waals surface area contributed by atoms with E-state index in [1.165, 1.54) is 43.1 Å². The Morgan fingerprint density at radius 2 is 2.58 bits per heavy atom. The van der Waals surface area contributed by atoms with Crippen molar-refractivity contribution in [2.75, 3.05) is 25.4 Å². The second-order valence-corrected chi connectivity index (χ2v) is 4.71. The molecule has 0 aliphatic carbocycles. The van der Waals surface area contributed by atoms with Crippen LogP contribution in [0, 0.1) is 5.92 Å². The van der Waals surface area contributed by atoms with E-state index >= 15 is 0 Å². The fraction of sp³-hybridized carbons (Fsp3) is 0.889. The van der Waals surface area contributed by atoms with Crippen molar-refractivity contribution < 1.29 is 0 Å². The Kier molecular flexibility index (Phi) is 3.06. The van der Waals surface area contributed by atoms with Crippen LogP contribution in [0.15, 0.2) is 4.99 Å². The Morgan fingerprint density at radius 1 is 1.58 bits per heavy atom. The van der Waals surface area contributed by atoms with Gasteiger partial charge in [0.15, 0.2) is 0 Å². The molecule has 12 heavy (non-hydrogen) atoms. The zero-order valence-electron chi connectivity index (χ0n) is 7.38. The maximum absolute atomic E-state index is 4.54. The maximum Gasteiger partial charge on any atom is 0.0679 e. The Bertz CT molecular complexity index is 173. The third kappa shape index (κ3) is 2.23. The molecule has 0 spiro atoms. The van der Waals surface area contributed by atoms with Crippen LogP contribution in [-0.2, 0) is 0 Å². The molecule has 1 N–H and O–H groups in total. The van der Waals surface area contributed by atoms with Gasteiger partial charge in [-0.15, -0.1) is 11.8 Å². The van der Waals surface area contributed by atoms with Gasteiger partial charge in [-0.2, -0.15) is 0 Å². The molecule has 2 aliphatic heterocycles. The fourth-order valence-electron chi connectivity index (χ4n) is 1.76. The van der Waals surface area contributed by atoms with Crippen molar-refractivity contribution in [1.82, 2.24) is 5.32 Å². The van der Waals surface area contributed by atoms with Gasteiger partial charge in [-0.05, 0) is 38.3 Å². The standard InChI is InChI=1S/C9H16N2S/c1-3-11-9(12-5-1)6-8-2-4-10-7-8/h8,10H,1-7H2. The van der Waals surface area contributed by atoms with Gasteiger partial charge in [0.25, 0.3) is 0 Å². The number of thioether (sulfide) groups is 1. The lowest BCUT2D eigenvalue weighted by Gasteiger charge is -2.14. The molecule has 0 amide bonds. The molecule has 1 unspecified atom stereocenters. The Balaban J connectivity index is 1.80. The number of hydrogen-bond donors (Lipinski definition) is 1. The van der Waals surface area contributed by atoms with Crippen molar-refractivity contribution >= 4 is 16.8 Å². The first-order chi connectivity index (χ1) is 5.95. The van der Waals surface area contributed by atoms with E-state index in [0.29, 0.717) is 0 Å². The molecule has 68 valence electrons. The van der Waals surface area contributed by atoms with Gasteiger partial charge in [-0.1, -0.05) is 0 Å². The van der Waals surface area contributed by atoms with Gasteiger partial charge in [-0.3, -0.25) is 4.99 Å². The van der Waals surface area contributed by atoms with Gasteiger partial charge in [-0.25, -0.2) is 0 Å². The molecule has 0 saturated carbocycles. The number of aliphatic imine (C=N–C) groups is 1. The van der Waals surface area contributed by atoms with Crippen molar-refractivity contribution in [2.24, 2.45) is 10.9 Å². The molecule has 0 aromatic carbocycles. The highest BCUT2D eigenvalue weighted by molar-refractivity contribution is 8.14. The van der Waals surface area contributed by atoms with E-state index in [2.05, 4.69) is 10.3 Å². The van der Waals surface area contributed by atoms with Crippen molar-refractivity contribution in [1.29, 1.82) is 0 Å². The van der Waals surface area contributed by atoms with Gasteiger partial charge >= 0.3 is 0 Å². The summed E-state index contributed by atoms with van der Waals surface area (Å²) in [6, 6.07) is 0. The van der Waals surface area contributed by atoms with Crippen LogP contribution in [0.4, 0.5) is 0 Å². The Hall–Kier alpha value is -0.0200. The van der Waals surface area contributed by atoms with Gasteiger partial charge in [0.1, 0.15) is 0 Å². The minimum Gasteiger partial charge on any atom is -0.316 e. The summed E-state index contributed by atoms with van der Waals surface area (Å²) in [4.78, 5) is 4.54. The van der Waals surface area contributed by atoms with Crippen LogP contribution in [0.1, 0.15) is 19.3 Å². The molecule has 0 aromatic rings. The highest BCUT2D eigenvalue weighted by atomic mass is 32.2. The Labute approximate surface area is 78.2 Å². The molecule has 1 atom stereocenters. The molecule has 1 fully saturated rings. The first kappa shape index (κ1) is 8.57. The third-order valence-electron chi connectivity index (χ3n) is 2.48. The summed E-state index contributed by atoms with van der Waals surface area (Å²) in [5.41, 5.74) is 0. The lowest BCUT2D eigenvalue weighted by atomic mass is 10.1. The molecule has 2 nitrogen and oxygen atoms in total. The number of hydrogen-bond acceptors (Lipinski definition) is 3. The lowest BCUT2D eigenvalue weighted by molar-refractivity contribution is 0.611. The van der Waals surface area contributed by atoms with Gasteiger partial charge in [0, 0.05) is 12.3 Å². The highest BCUT2D eigenvalue weighted by Gasteiger charge is 2.17. The van der Waals surface area contributed by atoms with Crippen LogP contribution in [0.25, 0.3) is 0 Å². The minimum absolute atomic E-state index is 0.870. The summed E-state index contributed by atoms with van der Waals surface area (Å²) in [6.07, 6.45) is 3.86. The fourth-order valence-corrected chi connectivity index (χ4v) is 2.81. The van der Waals surface area contributed by atoms with Crippen molar-refractivity contribution in [3.05, 3.63) is 0 Å². The summed E-state index contributed by atoms with van der Waals surface area (Å²) < 4.78 is 0. The monoisotopic (exact) mass is 184 g/mol. The van der Waals surface area contributed by atoms with Crippen LogP contribution in [0.5, 0.6) is 0 Å². The van der Waals surface area contributed by atoms with Crippen LogP contribution >= 0.6 is 11.8 Å².